The van der Waals surface area contributed by atoms with Gasteiger partial charge in [0.25, 0.3) is 0 Å². The number of hydrogen-bond donors (Lipinski definition) is 3. The van der Waals surface area contributed by atoms with Crippen LogP contribution in [0.15, 0.2) is 36.5 Å². The second-order valence-corrected chi connectivity index (χ2v) is 12.4. The Morgan fingerprint density at radius 2 is 1.67 bits per heavy atom. The number of alkyl carbamates (subject to hydrolysis) is 1. The first-order chi connectivity index (χ1) is 18.5. The fraction of sp³-hybridized carbons (Fsp3) is 0.433. The Bertz CT molecular complexity index is 1420. The van der Waals surface area contributed by atoms with Gasteiger partial charge in [0.15, 0.2) is 5.78 Å². The molecule has 3 aromatic rings. The molecule has 2 saturated carbocycles. The zero-order valence-corrected chi connectivity index (χ0v) is 23.8. The van der Waals surface area contributed by atoms with Crippen LogP contribution in [-0.4, -0.2) is 39.7 Å². The fourth-order valence-corrected chi connectivity index (χ4v) is 5.52. The number of anilines is 1. The summed E-state index contributed by atoms with van der Waals surface area (Å²) in [5, 5.41) is 18.0. The van der Waals surface area contributed by atoms with Gasteiger partial charge in [-0.1, -0.05) is 29.3 Å². The molecule has 39 heavy (non-hydrogen) atoms. The van der Waals surface area contributed by atoms with E-state index in [9.17, 15) is 14.7 Å². The number of Topliss-reactive ketones (excluding diaryl/α,β-unsaturated/α-hetero) is 1. The molecular formula is C30H33Cl2N3O4. The number of carbonyl (C=O) groups is 2. The fourth-order valence-electron chi connectivity index (χ4n) is 5.09. The lowest BCUT2D eigenvalue weighted by atomic mass is 9.90. The van der Waals surface area contributed by atoms with E-state index >= 15 is 0 Å². The van der Waals surface area contributed by atoms with Crippen LogP contribution >= 0.6 is 23.2 Å². The number of halogens is 2. The summed E-state index contributed by atoms with van der Waals surface area (Å²) in [4.78, 5) is 30.1. The molecule has 1 aromatic heterocycles. The quantitative estimate of drug-likeness (QED) is 0.262. The Hall–Kier alpha value is -3.03. The first-order valence-electron chi connectivity index (χ1n) is 13.4. The molecule has 2 fully saturated rings. The van der Waals surface area contributed by atoms with E-state index in [2.05, 4.69) is 15.6 Å². The number of hydrogen-bond acceptors (Lipinski definition) is 6. The number of nitrogens with one attached hydrogen (secondary N) is 2. The van der Waals surface area contributed by atoms with Gasteiger partial charge in [-0.15, -0.1) is 0 Å². The lowest BCUT2D eigenvalue weighted by Gasteiger charge is -2.31. The number of ether oxygens (including phenoxy) is 1. The van der Waals surface area contributed by atoms with E-state index in [1.807, 2.05) is 39.0 Å². The Kier molecular flexibility index (Phi) is 7.66. The van der Waals surface area contributed by atoms with Gasteiger partial charge in [0.1, 0.15) is 11.4 Å². The Balaban J connectivity index is 1.42. The van der Waals surface area contributed by atoms with Crippen molar-refractivity contribution in [3.8, 4) is 16.9 Å². The molecule has 9 heteroatoms. The molecule has 0 radical (unpaired) electrons. The van der Waals surface area contributed by atoms with Gasteiger partial charge in [-0.2, -0.15) is 0 Å². The maximum absolute atomic E-state index is 13.3. The molecule has 2 aromatic carbocycles. The molecule has 3 N–H and O–H groups in total. The van der Waals surface area contributed by atoms with Crippen molar-refractivity contribution >= 4 is 51.7 Å². The summed E-state index contributed by atoms with van der Waals surface area (Å²) < 4.78 is 5.41. The highest BCUT2D eigenvalue weighted by atomic mass is 35.5. The smallest absolute Gasteiger partial charge is 0.407 e. The van der Waals surface area contributed by atoms with Gasteiger partial charge >= 0.3 is 6.09 Å². The number of amides is 1. The first-order valence-corrected chi connectivity index (χ1v) is 14.2. The Morgan fingerprint density at radius 1 is 0.974 bits per heavy atom. The van der Waals surface area contributed by atoms with E-state index in [-0.39, 0.29) is 34.6 Å². The zero-order chi connectivity index (χ0) is 27.9. The third-order valence-electron chi connectivity index (χ3n) is 7.23. The van der Waals surface area contributed by atoms with Crippen molar-refractivity contribution in [1.82, 2.24) is 10.3 Å². The van der Waals surface area contributed by atoms with Crippen LogP contribution in [0, 0.1) is 5.92 Å². The van der Waals surface area contributed by atoms with Crippen molar-refractivity contribution in [2.24, 2.45) is 5.92 Å². The summed E-state index contributed by atoms with van der Waals surface area (Å²) in [5.41, 5.74) is 3.09. The first kappa shape index (κ1) is 27.5. The molecule has 0 atom stereocenters. The lowest BCUT2D eigenvalue weighted by Crippen LogP contribution is -2.42. The summed E-state index contributed by atoms with van der Waals surface area (Å²) in [7, 11) is 0. The average molecular weight is 571 g/mol. The van der Waals surface area contributed by atoms with Crippen LogP contribution in [0.2, 0.25) is 10.0 Å². The number of nitrogens with zero attached hydrogens (tertiary/aromatic N) is 1. The van der Waals surface area contributed by atoms with E-state index < -0.39 is 11.7 Å². The van der Waals surface area contributed by atoms with Crippen LogP contribution in [0.1, 0.15) is 69.7 Å². The lowest BCUT2D eigenvalue weighted by molar-refractivity contribution is 0.0492. The SMILES string of the molecule is CC(C)(C)OC(=O)NC1CCC(Nc2c(C(=O)C3CC3)cnc3ccc(-c4cc(Cl)c(O)cc4Cl)cc23)CC1. The molecule has 206 valence electrons. The van der Waals surface area contributed by atoms with Crippen LogP contribution in [0.3, 0.4) is 0 Å². The van der Waals surface area contributed by atoms with Crippen LogP contribution in [0.25, 0.3) is 22.0 Å². The number of fused-ring (bicyclic) bond motifs is 1. The number of phenols is 1. The minimum absolute atomic E-state index is 0.0482. The Morgan fingerprint density at radius 3 is 2.33 bits per heavy atom. The molecule has 5 rings (SSSR count). The molecule has 0 bridgehead atoms. The predicted molar refractivity (Wildman–Crippen MR) is 155 cm³/mol. The molecular weight excluding hydrogens is 537 g/mol. The van der Waals surface area contributed by atoms with Gasteiger partial charge < -0.3 is 20.5 Å². The number of rotatable bonds is 6. The molecule has 0 spiro atoms. The summed E-state index contributed by atoms with van der Waals surface area (Å²) >= 11 is 12.6. The van der Waals surface area contributed by atoms with Crippen molar-refractivity contribution in [3.05, 3.63) is 52.1 Å². The van der Waals surface area contributed by atoms with Crippen LogP contribution in [-0.2, 0) is 4.74 Å². The van der Waals surface area contributed by atoms with E-state index in [0.717, 1.165) is 60.7 Å². The normalized spacial score (nSPS) is 19.5. The molecule has 0 aliphatic heterocycles. The highest BCUT2D eigenvalue weighted by Gasteiger charge is 2.33. The molecule has 2 aliphatic rings. The largest absolute Gasteiger partial charge is 0.506 e. The van der Waals surface area contributed by atoms with Crippen molar-refractivity contribution in [2.75, 3.05) is 5.32 Å². The molecule has 7 nitrogen and oxygen atoms in total. The highest BCUT2D eigenvalue weighted by molar-refractivity contribution is 6.36. The van der Waals surface area contributed by atoms with Crippen molar-refractivity contribution in [2.45, 2.75) is 77.0 Å². The zero-order valence-electron chi connectivity index (χ0n) is 22.3. The minimum Gasteiger partial charge on any atom is -0.506 e. The van der Waals surface area contributed by atoms with E-state index in [0.29, 0.717) is 16.1 Å². The molecule has 1 amide bonds. The monoisotopic (exact) mass is 569 g/mol. The summed E-state index contributed by atoms with van der Waals surface area (Å²) in [6.45, 7) is 5.55. The van der Waals surface area contributed by atoms with Crippen molar-refractivity contribution in [3.63, 3.8) is 0 Å². The second-order valence-electron chi connectivity index (χ2n) is 11.5. The number of aromatic nitrogens is 1. The summed E-state index contributed by atoms with van der Waals surface area (Å²) in [5.74, 6) is 0.0831. The summed E-state index contributed by atoms with van der Waals surface area (Å²) in [6.07, 6.45) is 6.37. The average Bonchev–Trinajstić information content (AvgIpc) is 3.71. The van der Waals surface area contributed by atoms with Crippen LogP contribution in [0.4, 0.5) is 10.5 Å². The number of aromatic hydroxyl groups is 1. The number of pyridine rings is 1. The van der Waals surface area contributed by atoms with Crippen LogP contribution < -0.4 is 10.6 Å². The third-order valence-corrected chi connectivity index (χ3v) is 7.84. The van der Waals surface area contributed by atoms with Gasteiger partial charge in [0.2, 0.25) is 0 Å². The van der Waals surface area contributed by atoms with E-state index in [1.165, 1.54) is 6.07 Å². The maximum atomic E-state index is 13.3. The number of benzene rings is 2. The third kappa shape index (κ3) is 6.42. The molecule has 2 aliphatic carbocycles. The van der Waals surface area contributed by atoms with Gasteiger partial charge in [-0.25, -0.2) is 4.79 Å². The standard InChI is InChI=1S/C30H33Cl2N3O4/c1-30(2,3)39-29(38)35-19-9-7-18(8-10-19)34-27-21-12-17(20-13-24(32)26(36)14-23(20)31)6-11-25(21)33-15-22(27)28(37)16-4-5-16/h6,11-16,18-19,36H,4-5,7-10H2,1-3H3,(H,33,34)(H,35,38). The van der Waals surface area contributed by atoms with E-state index in [4.69, 9.17) is 27.9 Å². The summed E-state index contributed by atoms with van der Waals surface area (Å²) in [6, 6.07) is 9.03. The number of ketones is 1. The van der Waals surface area contributed by atoms with Crippen LogP contribution in [0.5, 0.6) is 5.75 Å². The van der Waals surface area contributed by atoms with Crippen molar-refractivity contribution < 1.29 is 19.4 Å². The number of phenolic OH excluding ortho intramolecular Hbond substituents is 1. The predicted octanol–water partition coefficient (Wildman–Crippen LogP) is 7.75. The van der Waals surface area contributed by atoms with Gasteiger partial charge in [-0.3, -0.25) is 9.78 Å². The molecule has 0 unspecified atom stereocenters. The highest BCUT2D eigenvalue weighted by Crippen LogP contribution is 2.41. The number of carbonyl (C=O) groups excluding carboxylic acids is 2. The van der Waals surface area contributed by atoms with E-state index in [1.54, 1.807) is 12.3 Å². The van der Waals surface area contributed by atoms with Gasteiger partial charge in [0, 0.05) is 41.2 Å². The second kappa shape index (κ2) is 10.9. The molecule has 1 heterocycles. The molecule has 0 saturated heterocycles. The minimum atomic E-state index is -0.537. The maximum Gasteiger partial charge on any atom is 0.407 e. The Labute approximate surface area is 238 Å². The van der Waals surface area contributed by atoms with Gasteiger partial charge in [-0.05, 0) is 83.1 Å². The van der Waals surface area contributed by atoms with Gasteiger partial charge in [0.05, 0.1) is 26.8 Å². The van der Waals surface area contributed by atoms with Crippen molar-refractivity contribution in [1.29, 1.82) is 0 Å². The topological polar surface area (TPSA) is 101 Å².